The Bertz CT molecular complexity index is 183. The Morgan fingerprint density at radius 3 is 1.90 bits per heavy atom. The predicted octanol–water partition coefficient (Wildman–Crippen LogP) is 0.736. The minimum Gasteiger partial charge on any atom is -0.196 e. The molecule has 0 fully saturated rings. The highest BCUT2D eigenvalue weighted by atomic mass is 16.2. The number of amides is 2. The molecule has 2 amide bonds. The lowest BCUT2D eigenvalue weighted by molar-refractivity contribution is 0.241. The third-order valence-corrected chi connectivity index (χ3v) is 0.393. The Labute approximate surface area is 54.2 Å². The van der Waals surface area contributed by atoms with Crippen LogP contribution in [0.3, 0.4) is 0 Å². The zero-order valence-corrected chi connectivity index (χ0v) is 4.59. The van der Waals surface area contributed by atoms with Gasteiger partial charge in [-0.3, -0.25) is 0 Å². The van der Waals surface area contributed by atoms with E-state index in [-0.39, 0.29) is 0 Å². The summed E-state index contributed by atoms with van der Waals surface area (Å²) in [6.07, 6.45) is 0. The van der Waals surface area contributed by atoms with Crippen LogP contribution in [-0.4, -0.2) is 6.03 Å². The van der Waals surface area contributed by atoms with Crippen LogP contribution in [0.25, 0.3) is 20.9 Å². The quantitative estimate of drug-likeness (QED) is 0.249. The Hall–Kier alpha value is -2.11. The molecule has 0 bridgehead atoms. The molecular formula is CH2N8O. The van der Waals surface area contributed by atoms with Gasteiger partial charge in [-0.25, -0.2) is 0 Å². The summed E-state index contributed by atoms with van der Waals surface area (Å²) in [5.41, 5.74) is 18.6. The highest BCUT2D eigenvalue weighted by molar-refractivity contribution is 5.72. The fraction of sp³-hybridized carbons (Fsp3) is 0. The zero-order chi connectivity index (χ0) is 7.82. The predicted molar refractivity (Wildman–Crippen MR) is 30.0 cm³/mol. The number of nitrogens with zero attached hydrogens (tertiary/aromatic N) is 6. The third kappa shape index (κ3) is 4.06. The van der Waals surface area contributed by atoms with Crippen molar-refractivity contribution in [3.63, 3.8) is 0 Å². The molecule has 0 saturated carbocycles. The van der Waals surface area contributed by atoms with E-state index in [1.807, 2.05) is 0 Å². The van der Waals surface area contributed by atoms with Crippen LogP contribution in [0.5, 0.6) is 0 Å². The highest BCUT2D eigenvalue weighted by Crippen LogP contribution is 1.66. The van der Waals surface area contributed by atoms with Crippen molar-refractivity contribution in [2.24, 2.45) is 10.4 Å². The zero-order valence-electron chi connectivity index (χ0n) is 4.59. The number of urea groups is 1. The van der Waals surface area contributed by atoms with E-state index in [4.69, 9.17) is 11.1 Å². The van der Waals surface area contributed by atoms with Crippen LogP contribution in [0.1, 0.15) is 0 Å². The van der Waals surface area contributed by atoms with Gasteiger partial charge in [0.1, 0.15) is 0 Å². The molecule has 0 aliphatic rings. The molecule has 0 aromatic rings. The maximum Gasteiger partial charge on any atom is 0.506 e. The molecule has 10 heavy (non-hydrogen) atoms. The van der Waals surface area contributed by atoms with Gasteiger partial charge in [0.05, 0.1) is 0 Å². The molecule has 0 aromatic heterocycles. The lowest BCUT2D eigenvalue weighted by Gasteiger charge is -1.83. The first-order chi connectivity index (χ1) is 4.81. The third-order valence-electron chi connectivity index (χ3n) is 0.393. The van der Waals surface area contributed by atoms with E-state index in [1.165, 1.54) is 0 Å². The number of azide groups is 2. The van der Waals surface area contributed by atoms with Gasteiger partial charge in [0, 0.05) is 0 Å². The average Bonchev–Trinajstić information content (AvgIpc) is 1.97. The van der Waals surface area contributed by atoms with Crippen molar-refractivity contribution in [1.29, 1.82) is 0 Å². The summed E-state index contributed by atoms with van der Waals surface area (Å²) in [4.78, 5) is 14.6. The van der Waals surface area contributed by atoms with Crippen molar-refractivity contribution in [2.45, 2.75) is 0 Å². The van der Waals surface area contributed by atoms with E-state index in [9.17, 15) is 4.79 Å². The topological polar surface area (TPSA) is 139 Å². The Kier molecular flexibility index (Phi) is 3.97. The van der Waals surface area contributed by atoms with Crippen LogP contribution >= 0.6 is 0 Å². The molecule has 0 rings (SSSR count). The van der Waals surface area contributed by atoms with Crippen molar-refractivity contribution in [3.8, 4) is 0 Å². The van der Waals surface area contributed by atoms with Crippen molar-refractivity contribution in [3.05, 3.63) is 20.9 Å². The second kappa shape index (κ2) is 5.04. The smallest absolute Gasteiger partial charge is 0.196 e. The summed E-state index contributed by atoms with van der Waals surface area (Å²) in [5, 5.41) is 5.32. The second-order valence-corrected chi connectivity index (χ2v) is 0.932. The lowest BCUT2D eigenvalue weighted by Crippen LogP contribution is -2.26. The van der Waals surface area contributed by atoms with Gasteiger partial charge in [-0.1, -0.05) is 0 Å². The molecule has 0 unspecified atom stereocenters. The van der Waals surface area contributed by atoms with Crippen LogP contribution in [0.15, 0.2) is 10.4 Å². The van der Waals surface area contributed by atoms with Gasteiger partial charge in [0.2, 0.25) is 0 Å². The molecule has 0 heterocycles. The van der Waals surface area contributed by atoms with E-state index in [0.29, 0.717) is 0 Å². The molecule has 0 aromatic carbocycles. The maximum absolute atomic E-state index is 10.2. The summed E-state index contributed by atoms with van der Waals surface area (Å²) >= 11 is 0. The van der Waals surface area contributed by atoms with E-state index < -0.39 is 6.03 Å². The molecule has 0 spiro atoms. The summed E-state index contributed by atoms with van der Waals surface area (Å²) in [7, 11) is 0. The molecule has 9 heteroatoms. The summed E-state index contributed by atoms with van der Waals surface area (Å²) in [5.74, 6) is 0. The molecular weight excluding hydrogens is 140 g/mol. The van der Waals surface area contributed by atoms with E-state index in [1.54, 1.807) is 10.9 Å². The van der Waals surface area contributed by atoms with Crippen LogP contribution in [0.4, 0.5) is 4.79 Å². The number of hydrogen-bond donors (Lipinski definition) is 2. The normalized spacial score (nSPS) is 6.40. The number of nitrogens with one attached hydrogen (secondary N) is 2. The Balaban J connectivity index is 3.63. The first-order valence-electron chi connectivity index (χ1n) is 1.95. The van der Waals surface area contributed by atoms with Gasteiger partial charge >= 0.3 is 6.03 Å². The molecule has 0 aliphatic carbocycles. The van der Waals surface area contributed by atoms with Crippen LogP contribution in [0, 0.1) is 0 Å². The standard InChI is InChI=1S/CH2N8O/c2-6-8-4-1(10)5-9-7-3/h(H2,4,5,10). The summed E-state index contributed by atoms with van der Waals surface area (Å²) < 4.78 is 0. The minimum atomic E-state index is -0.893. The largest absolute Gasteiger partial charge is 0.506 e. The van der Waals surface area contributed by atoms with Crippen molar-refractivity contribution < 1.29 is 4.79 Å². The van der Waals surface area contributed by atoms with Crippen molar-refractivity contribution in [2.75, 3.05) is 0 Å². The lowest BCUT2D eigenvalue weighted by atomic mass is 11.1. The SMILES string of the molecule is [N-]=[N+]=NNC(=O)NN=[N+]=[N-]. The van der Waals surface area contributed by atoms with Gasteiger partial charge in [0.25, 0.3) is 0 Å². The molecule has 9 nitrogen and oxygen atoms in total. The first-order valence-corrected chi connectivity index (χ1v) is 1.95. The number of rotatable bonds is 2. The molecule has 0 aliphatic heterocycles. The highest BCUT2D eigenvalue weighted by Gasteiger charge is 2.00. The van der Waals surface area contributed by atoms with Crippen LogP contribution in [0.2, 0.25) is 0 Å². The molecule has 2 N–H and O–H groups in total. The number of carbonyl (C=O) groups excluding carboxylic acids is 1. The number of hydrogen-bond acceptors (Lipinski definition) is 3. The van der Waals surface area contributed by atoms with Gasteiger partial charge in [0.15, 0.2) is 0 Å². The fourth-order valence-corrected chi connectivity index (χ4v) is 0.161. The summed E-state index contributed by atoms with van der Waals surface area (Å²) in [6.45, 7) is 0. The average molecular weight is 142 g/mol. The van der Waals surface area contributed by atoms with Crippen LogP contribution in [-0.2, 0) is 0 Å². The monoisotopic (exact) mass is 142 g/mol. The number of carbonyl (C=O) groups is 1. The summed E-state index contributed by atoms with van der Waals surface area (Å²) in [6, 6.07) is -0.893. The van der Waals surface area contributed by atoms with E-state index in [2.05, 4.69) is 20.3 Å². The first kappa shape index (κ1) is 7.89. The maximum atomic E-state index is 10.2. The molecule has 52 valence electrons. The van der Waals surface area contributed by atoms with E-state index >= 15 is 0 Å². The van der Waals surface area contributed by atoms with Gasteiger partial charge in [-0.2, -0.15) is 25.5 Å². The van der Waals surface area contributed by atoms with Crippen LogP contribution < -0.4 is 10.9 Å². The Morgan fingerprint density at radius 1 is 1.20 bits per heavy atom. The van der Waals surface area contributed by atoms with Gasteiger partial charge < -0.3 is 0 Å². The van der Waals surface area contributed by atoms with Gasteiger partial charge in [-0.05, 0) is 10.4 Å². The molecule has 0 saturated heterocycles. The second-order valence-electron chi connectivity index (χ2n) is 0.932. The molecule has 0 radical (unpaired) electrons. The van der Waals surface area contributed by atoms with Gasteiger partial charge in [-0.15, -0.1) is 11.1 Å². The van der Waals surface area contributed by atoms with Crippen molar-refractivity contribution >= 4 is 6.03 Å². The van der Waals surface area contributed by atoms with E-state index in [0.717, 1.165) is 0 Å². The Morgan fingerprint density at radius 2 is 1.60 bits per heavy atom. The minimum absolute atomic E-state index is 0.893. The fourth-order valence-electron chi connectivity index (χ4n) is 0.161. The molecule has 0 atom stereocenters. The van der Waals surface area contributed by atoms with Crippen molar-refractivity contribution in [1.82, 2.24) is 10.9 Å².